The van der Waals surface area contributed by atoms with Crippen molar-refractivity contribution >= 4 is 28.5 Å². The minimum Gasteiger partial charge on any atom is -0.342 e. The number of rotatable bonds is 7. The summed E-state index contributed by atoms with van der Waals surface area (Å²) in [5, 5.41) is 2.95. The first kappa shape index (κ1) is 19.1. The Kier molecular flexibility index (Phi) is 5.55. The summed E-state index contributed by atoms with van der Waals surface area (Å²) in [5.41, 5.74) is 3.34. The largest absolute Gasteiger partial charge is 0.342 e. The van der Waals surface area contributed by atoms with Crippen LogP contribution in [0.2, 0.25) is 0 Å². The van der Waals surface area contributed by atoms with E-state index >= 15 is 0 Å². The Morgan fingerprint density at radius 2 is 2.21 bits per heavy atom. The van der Waals surface area contributed by atoms with Gasteiger partial charge in [-0.1, -0.05) is 19.4 Å². The van der Waals surface area contributed by atoms with Gasteiger partial charge in [-0.15, -0.1) is 0 Å². The summed E-state index contributed by atoms with van der Waals surface area (Å²) < 4.78 is 0. The Morgan fingerprint density at radius 3 is 3.00 bits per heavy atom. The third kappa shape index (κ3) is 4.45. The number of aromatic nitrogens is 3. The highest BCUT2D eigenvalue weighted by molar-refractivity contribution is 5.98. The van der Waals surface area contributed by atoms with Crippen molar-refractivity contribution in [2.24, 2.45) is 5.92 Å². The number of carbonyl (C=O) groups is 2. The average molecular weight is 391 g/mol. The fourth-order valence-electron chi connectivity index (χ4n) is 3.63. The molecule has 1 unspecified atom stereocenters. The van der Waals surface area contributed by atoms with E-state index in [-0.39, 0.29) is 24.2 Å². The molecule has 3 heterocycles. The lowest BCUT2D eigenvalue weighted by Gasteiger charge is -2.16. The third-order valence-electron chi connectivity index (χ3n) is 5.23. The van der Waals surface area contributed by atoms with Gasteiger partial charge in [0.1, 0.15) is 5.82 Å². The fourth-order valence-corrected chi connectivity index (χ4v) is 3.63. The van der Waals surface area contributed by atoms with Gasteiger partial charge in [-0.2, -0.15) is 0 Å². The van der Waals surface area contributed by atoms with Gasteiger partial charge in [0.2, 0.25) is 11.8 Å². The molecule has 150 valence electrons. The second-order valence-corrected chi connectivity index (χ2v) is 7.50. The number of fused-ring (bicyclic) bond motifs is 1. The maximum atomic E-state index is 12.7. The van der Waals surface area contributed by atoms with Crippen LogP contribution in [0, 0.1) is 5.92 Å². The van der Waals surface area contributed by atoms with Gasteiger partial charge in [-0.25, -0.2) is 4.98 Å². The summed E-state index contributed by atoms with van der Waals surface area (Å²) in [5.74, 6) is 0.466. The molecule has 4 rings (SSSR count). The molecule has 0 spiro atoms. The predicted molar refractivity (Wildman–Crippen MR) is 111 cm³/mol. The van der Waals surface area contributed by atoms with Gasteiger partial charge in [0.05, 0.1) is 29.2 Å². The monoisotopic (exact) mass is 391 g/mol. The summed E-state index contributed by atoms with van der Waals surface area (Å²) in [4.78, 5) is 38.9. The first-order chi connectivity index (χ1) is 14.1. The number of hydrogen-bond donors (Lipinski definition) is 2. The van der Waals surface area contributed by atoms with Crippen molar-refractivity contribution in [2.45, 2.75) is 39.2 Å². The summed E-state index contributed by atoms with van der Waals surface area (Å²) >= 11 is 0. The first-order valence-corrected chi connectivity index (χ1v) is 10.1. The van der Waals surface area contributed by atoms with E-state index in [9.17, 15) is 9.59 Å². The molecule has 1 aromatic carbocycles. The molecular formula is C22H25N5O2. The van der Waals surface area contributed by atoms with Crippen LogP contribution in [0.3, 0.4) is 0 Å². The Bertz CT molecular complexity index is 1010. The van der Waals surface area contributed by atoms with Crippen LogP contribution in [-0.2, 0) is 22.6 Å². The Morgan fingerprint density at radius 1 is 1.31 bits per heavy atom. The van der Waals surface area contributed by atoms with E-state index < -0.39 is 0 Å². The van der Waals surface area contributed by atoms with E-state index in [1.54, 1.807) is 11.1 Å². The summed E-state index contributed by atoms with van der Waals surface area (Å²) in [6.45, 7) is 3.00. The van der Waals surface area contributed by atoms with Crippen LogP contribution >= 0.6 is 0 Å². The maximum Gasteiger partial charge on any atom is 0.229 e. The van der Waals surface area contributed by atoms with Crippen molar-refractivity contribution < 1.29 is 9.59 Å². The molecule has 2 amide bonds. The molecule has 1 saturated heterocycles. The Hall–Kier alpha value is -3.22. The molecule has 1 fully saturated rings. The minimum atomic E-state index is -0.358. The van der Waals surface area contributed by atoms with Gasteiger partial charge in [0.25, 0.3) is 0 Å². The van der Waals surface area contributed by atoms with Gasteiger partial charge in [-0.3, -0.25) is 14.6 Å². The lowest BCUT2D eigenvalue weighted by molar-refractivity contribution is -0.128. The second kappa shape index (κ2) is 8.43. The van der Waals surface area contributed by atoms with Crippen molar-refractivity contribution in [3.63, 3.8) is 0 Å². The van der Waals surface area contributed by atoms with Crippen molar-refractivity contribution in [2.75, 3.05) is 11.9 Å². The molecule has 0 saturated carbocycles. The number of benzene rings is 1. The SMILES string of the molecule is CCCCc1nc2ccc(NC(=O)C3CC(=O)N(Cc4ccccn4)C3)cc2[nH]1. The number of aromatic amines is 1. The number of nitrogens with zero attached hydrogens (tertiary/aromatic N) is 3. The van der Waals surface area contributed by atoms with Gasteiger partial charge in [-0.05, 0) is 36.8 Å². The number of anilines is 1. The van der Waals surface area contributed by atoms with Crippen molar-refractivity contribution in [3.8, 4) is 0 Å². The molecule has 0 bridgehead atoms. The molecule has 3 aromatic rings. The zero-order valence-corrected chi connectivity index (χ0v) is 16.5. The van der Waals surface area contributed by atoms with Crippen LogP contribution in [0.1, 0.15) is 37.7 Å². The molecule has 1 atom stereocenters. The van der Waals surface area contributed by atoms with Gasteiger partial charge < -0.3 is 15.2 Å². The molecule has 0 aliphatic carbocycles. The van der Waals surface area contributed by atoms with E-state index in [4.69, 9.17) is 0 Å². The summed E-state index contributed by atoms with van der Waals surface area (Å²) in [6, 6.07) is 11.3. The highest BCUT2D eigenvalue weighted by Crippen LogP contribution is 2.23. The van der Waals surface area contributed by atoms with Crippen LogP contribution in [0.15, 0.2) is 42.6 Å². The van der Waals surface area contributed by atoms with Crippen LogP contribution in [0.25, 0.3) is 11.0 Å². The molecule has 7 nitrogen and oxygen atoms in total. The minimum absolute atomic E-state index is 0.0135. The van der Waals surface area contributed by atoms with Gasteiger partial charge in [0.15, 0.2) is 0 Å². The van der Waals surface area contributed by atoms with E-state index in [2.05, 4.69) is 27.2 Å². The number of amides is 2. The number of carbonyl (C=O) groups excluding carboxylic acids is 2. The number of imidazole rings is 1. The molecule has 0 radical (unpaired) electrons. The van der Waals surface area contributed by atoms with Crippen molar-refractivity contribution in [1.29, 1.82) is 0 Å². The molecule has 7 heteroatoms. The normalized spacial score (nSPS) is 16.5. The molecular weight excluding hydrogens is 366 g/mol. The third-order valence-corrected chi connectivity index (χ3v) is 5.23. The smallest absolute Gasteiger partial charge is 0.229 e. The molecule has 1 aliphatic rings. The van der Waals surface area contributed by atoms with Crippen LogP contribution in [0.5, 0.6) is 0 Å². The second-order valence-electron chi connectivity index (χ2n) is 7.50. The fraction of sp³-hybridized carbons (Fsp3) is 0.364. The van der Waals surface area contributed by atoms with Gasteiger partial charge in [0, 0.05) is 31.3 Å². The summed E-state index contributed by atoms with van der Waals surface area (Å²) in [6.07, 6.45) is 5.07. The van der Waals surface area contributed by atoms with E-state index in [0.29, 0.717) is 18.8 Å². The Balaban J connectivity index is 1.39. The first-order valence-electron chi connectivity index (χ1n) is 10.1. The highest BCUT2D eigenvalue weighted by Gasteiger charge is 2.34. The number of H-pyrrole nitrogens is 1. The zero-order valence-electron chi connectivity index (χ0n) is 16.5. The maximum absolute atomic E-state index is 12.7. The molecule has 29 heavy (non-hydrogen) atoms. The average Bonchev–Trinajstić information content (AvgIpc) is 3.30. The number of nitrogens with one attached hydrogen (secondary N) is 2. The van der Waals surface area contributed by atoms with E-state index in [1.165, 1.54) is 0 Å². The van der Waals surface area contributed by atoms with Crippen molar-refractivity contribution in [3.05, 3.63) is 54.1 Å². The van der Waals surface area contributed by atoms with Gasteiger partial charge >= 0.3 is 0 Å². The van der Waals surface area contributed by atoms with Crippen LogP contribution < -0.4 is 5.32 Å². The highest BCUT2D eigenvalue weighted by atomic mass is 16.2. The molecule has 2 N–H and O–H groups in total. The van der Waals surface area contributed by atoms with Crippen molar-refractivity contribution in [1.82, 2.24) is 19.9 Å². The zero-order chi connectivity index (χ0) is 20.2. The van der Waals surface area contributed by atoms with Crippen LogP contribution in [0.4, 0.5) is 5.69 Å². The molecule has 2 aromatic heterocycles. The number of aryl methyl sites for hydroxylation is 1. The molecule has 1 aliphatic heterocycles. The summed E-state index contributed by atoms with van der Waals surface area (Å²) in [7, 11) is 0. The lowest BCUT2D eigenvalue weighted by Crippen LogP contribution is -2.28. The number of unbranched alkanes of at least 4 members (excludes halogenated alkanes) is 1. The van der Waals surface area contributed by atoms with E-state index in [0.717, 1.165) is 41.8 Å². The quantitative estimate of drug-likeness (QED) is 0.647. The predicted octanol–water partition coefficient (Wildman–Crippen LogP) is 3.29. The standard InChI is InChI=1S/C22H25N5O2/c1-2-3-7-20-25-18-9-8-16(12-19(18)26-20)24-22(29)15-11-21(28)27(13-15)14-17-6-4-5-10-23-17/h4-6,8-10,12,15H,2-3,7,11,13-14H2,1H3,(H,24,29)(H,25,26). The number of pyridine rings is 1. The number of likely N-dealkylation sites (tertiary alicyclic amines) is 1. The topological polar surface area (TPSA) is 91.0 Å². The van der Waals surface area contributed by atoms with Crippen LogP contribution in [-0.4, -0.2) is 38.2 Å². The lowest BCUT2D eigenvalue weighted by atomic mass is 10.1. The Labute approximate surface area is 169 Å². The van der Waals surface area contributed by atoms with E-state index in [1.807, 2.05) is 36.4 Å². The number of hydrogen-bond acceptors (Lipinski definition) is 4.